The van der Waals surface area contributed by atoms with Crippen LogP contribution in [0, 0.1) is 5.41 Å². The lowest BCUT2D eigenvalue weighted by molar-refractivity contribution is -0.119. The minimum atomic E-state index is 0.0403. The third-order valence-corrected chi connectivity index (χ3v) is 4.22. The number of nitrogens with two attached hydrogens (primary N) is 1. The summed E-state index contributed by atoms with van der Waals surface area (Å²) in [5.41, 5.74) is 7.79. The van der Waals surface area contributed by atoms with Crippen molar-refractivity contribution in [1.29, 1.82) is 0 Å². The summed E-state index contributed by atoms with van der Waals surface area (Å²) in [4.78, 5) is 12.1. The number of benzene rings is 1. The van der Waals surface area contributed by atoms with E-state index < -0.39 is 0 Å². The van der Waals surface area contributed by atoms with Crippen LogP contribution in [-0.4, -0.2) is 24.2 Å². The molecule has 2 rings (SSSR count). The van der Waals surface area contributed by atoms with Crippen LogP contribution in [0.25, 0.3) is 0 Å². The Balaban J connectivity index is 1.90. The Hall–Kier alpha value is -1.39. The van der Waals surface area contributed by atoms with Crippen LogP contribution >= 0.6 is 0 Å². The molecule has 1 amide bonds. The van der Waals surface area contributed by atoms with Crippen LogP contribution in [0.5, 0.6) is 0 Å². The van der Waals surface area contributed by atoms with Crippen LogP contribution in [0.4, 0.5) is 5.69 Å². The number of carbonyl (C=O) groups excluding carboxylic acids is 1. The zero-order valence-electron chi connectivity index (χ0n) is 11.9. The molecule has 0 aromatic heterocycles. The average Bonchev–Trinajstić information content (AvgIpc) is 2.41. The maximum Gasteiger partial charge on any atom is 0.224 e. The lowest BCUT2D eigenvalue weighted by Gasteiger charge is -2.40. The van der Waals surface area contributed by atoms with E-state index in [4.69, 9.17) is 10.8 Å². The van der Waals surface area contributed by atoms with Crippen molar-refractivity contribution in [3.05, 3.63) is 29.8 Å². The quantitative estimate of drug-likeness (QED) is 0.713. The summed E-state index contributed by atoms with van der Waals surface area (Å²) in [6.07, 6.45) is 5.40. The molecule has 4 heteroatoms. The van der Waals surface area contributed by atoms with E-state index in [1.54, 1.807) is 0 Å². The Kier molecular flexibility index (Phi) is 5.15. The number of amides is 1. The Bertz CT molecular complexity index is 450. The van der Waals surface area contributed by atoms with Crippen molar-refractivity contribution >= 4 is 11.6 Å². The molecule has 1 aromatic rings. The summed E-state index contributed by atoms with van der Waals surface area (Å²) >= 11 is 0. The molecule has 0 spiro atoms. The molecule has 0 radical (unpaired) electrons. The van der Waals surface area contributed by atoms with Crippen LogP contribution in [0.3, 0.4) is 0 Å². The van der Waals surface area contributed by atoms with Crippen LogP contribution in [0.15, 0.2) is 24.3 Å². The van der Waals surface area contributed by atoms with E-state index in [0.29, 0.717) is 13.0 Å². The first kappa shape index (κ1) is 15.0. The molecule has 0 unspecified atom stereocenters. The molecule has 1 aliphatic carbocycles. The summed E-state index contributed by atoms with van der Waals surface area (Å²) < 4.78 is 0. The first-order valence-corrected chi connectivity index (χ1v) is 7.37. The molecule has 1 aliphatic rings. The van der Waals surface area contributed by atoms with Gasteiger partial charge in [-0.3, -0.25) is 4.79 Å². The van der Waals surface area contributed by atoms with Gasteiger partial charge < -0.3 is 16.2 Å². The Morgan fingerprint density at radius 2 is 2.20 bits per heavy atom. The van der Waals surface area contributed by atoms with Crippen LogP contribution < -0.4 is 11.1 Å². The number of nitrogens with one attached hydrogen (secondary N) is 1. The highest BCUT2D eigenvalue weighted by atomic mass is 16.2. The largest absolute Gasteiger partial charge is 0.396 e. The Morgan fingerprint density at radius 3 is 2.80 bits per heavy atom. The lowest BCUT2D eigenvalue weighted by atomic mass is 9.66. The van der Waals surface area contributed by atoms with Crippen molar-refractivity contribution in [1.82, 2.24) is 0 Å². The molecular weight excluding hydrogens is 252 g/mol. The molecule has 0 aliphatic heterocycles. The van der Waals surface area contributed by atoms with Crippen molar-refractivity contribution < 1.29 is 9.90 Å². The molecular formula is C16H24N2O2. The first-order valence-electron chi connectivity index (χ1n) is 7.37. The molecule has 1 fully saturated rings. The van der Waals surface area contributed by atoms with Gasteiger partial charge in [-0.25, -0.2) is 0 Å². The van der Waals surface area contributed by atoms with Gasteiger partial charge in [0.25, 0.3) is 0 Å². The van der Waals surface area contributed by atoms with E-state index in [2.05, 4.69) is 5.32 Å². The van der Waals surface area contributed by atoms with Gasteiger partial charge in [0, 0.05) is 18.7 Å². The summed E-state index contributed by atoms with van der Waals surface area (Å²) in [6, 6.07) is 7.82. The van der Waals surface area contributed by atoms with Gasteiger partial charge in [0.2, 0.25) is 5.91 Å². The third kappa shape index (κ3) is 3.81. The minimum absolute atomic E-state index is 0.0403. The number of aryl methyl sites for hydroxylation is 1. The van der Waals surface area contributed by atoms with E-state index >= 15 is 0 Å². The fourth-order valence-electron chi connectivity index (χ4n) is 2.76. The topological polar surface area (TPSA) is 75.4 Å². The molecule has 110 valence electrons. The number of carbonyl (C=O) groups is 1. The SMILES string of the molecule is NCC1(CC(=O)Nc2cccc(CCCO)c2)CCC1. The first-order chi connectivity index (χ1) is 9.67. The van der Waals surface area contributed by atoms with Gasteiger partial charge in [-0.2, -0.15) is 0 Å². The van der Waals surface area contributed by atoms with Gasteiger partial charge in [0.1, 0.15) is 0 Å². The van der Waals surface area contributed by atoms with Crippen molar-refractivity contribution in [3.8, 4) is 0 Å². The van der Waals surface area contributed by atoms with E-state index in [-0.39, 0.29) is 17.9 Å². The van der Waals surface area contributed by atoms with Crippen molar-refractivity contribution in [3.63, 3.8) is 0 Å². The van der Waals surface area contributed by atoms with E-state index in [0.717, 1.165) is 36.9 Å². The predicted molar refractivity (Wildman–Crippen MR) is 80.4 cm³/mol. The van der Waals surface area contributed by atoms with Crippen molar-refractivity contribution in [2.45, 2.75) is 38.5 Å². The fraction of sp³-hybridized carbons (Fsp3) is 0.562. The van der Waals surface area contributed by atoms with Crippen molar-refractivity contribution in [2.24, 2.45) is 11.1 Å². The monoisotopic (exact) mass is 276 g/mol. The second kappa shape index (κ2) is 6.86. The lowest BCUT2D eigenvalue weighted by Crippen LogP contribution is -2.40. The van der Waals surface area contributed by atoms with Gasteiger partial charge in [0.05, 0.1) is 0 Å². The van der Waals surface area contributed by atoms with Crippen LogP contribution in [0.2, 0.25) is 0 Å². The van der Waals surface area contributed by atoms with Gasteiger partial charge in [-0.1, -0.05) is 18.6 Å². The molecule has 4 N–H and O–H groups in total. The predicted octanol–water partition coefficient (Wildman–Crippen LogP) is 2.07. The molecule has 0 bridgehead atoms. The average molecular weight is 276 g/mol. The highest BCUT2D eigenvalue weighted by Gasteiger charge is 2.37. The van der Waals surface area contributed by atoms with E-state index in [9.17, 15) is 4.79 Å². The highest BCUT2D eigenvalue weighted by molar-refractivity contribution is 5.91. The number of hydrogen-bond acceptors (Lipinski definition) is 3. The maximum atomic E-state index is 12.1. The number of rotatable bonds is 7. The molecule has 0 heterocycles. The van der Waals surface area contributed by atoms with E-state index in [1.807, 2.05) is 24.3 Å². The second-order valence-electron chi connectivity index (χ2n) is 5.81. The number of hydrogen-bond donors (Lipinski definition) is 3. The second-order valence-corrected chi connectivity index (χ2v) is 5.81. The minimum Gasteiger partial charge on any atom is -0.396 e. The number of aliphatic hydroxyl groups is 1. The third-order valence-electron chi connectivity index (χ3n) is 4.22. The molecule has 0 saturated heterocycles. The fourth-order valence-corrected chi connectivity index (χ4v) is 2.76. The molecule has 1 saturated carbocycles. The molecule has 20 heavy (non-hydrogen) atoms. The molecule has 1 aromatic carbocycles. The molecule has 4 nitrogen and oxygen atoms in total. The zero-order chi connectivity index (χ0) is 14.4. The van der Waals surface area contributed by atoms with Crippen LogP contribution in [0.1, 0.15) is 37.7 Å². The van der Waals surface area contributed by atoms with Gasteiger partial charge in [-0.05, 0) is 55.3 Å². The summed E-state index contributed by atoms with van der Waals surface area (Å²) in [6.45, 7) is 0.784. The highest BCUT2D eigenvalue weighted by Crippen LogP contribution is 2.43. The normalized spacial score (nSPS) is 16.5. The van der Waals surface area contributed by atoms with Crippen molar-refractivity contribution in [2.75, 3.05) is 18.5 Å². The zero-order valence-corrected chi connectivity index (χ0v) is 11.9. The summed E-state index contributed by atoms with van der Waals surface area (Å²) in [5.74, 6) is 0.0504. The summed E-state index contributed by atoms with van der Waals surface area (Å²) in [7, 11) is 0. The van der Waals surface area contributed by atoms with Gasteiger partial charge in [-0.15, -0.1) is 0 Å². The van der Waals surface area contributed by atoms with Crippen LogP contribution in [-0.2, 0) is 11.2 Å². The maximum absolute atomic E-state index is 12.1. The summed E-state index contributed by atoms with van der Waals surface area (Å²) in [5, 5.41) is 11.8. The van der Waals surface area contributed by atoms with Gasteiger partial charge in [0.15, 0.2) is 0 Å². The standard InChI is InChI=1S/C16H24N2O2/c17-12-16(7-3-8-16)11-15(20)18-14-6-1-4-13(10-14)5-2-9-19/h1,4,6,10,19H,2-3,5,7-9,11-12,17H2,(H,18,20). The Morgan fingerprint density at radius 1 is 1.40 bits per heavy atom. The van der Waals surface area contributed by atoms with Gasteiger partial charge >= 0.3 is 0 Å². The number of aliphatic hydroxyl groups excluding tert-OH is 1. The molecule has 0 atom stereocenters. The Labute approximate surface area is 120 Å². The number of anilines is 1. The van der Waals surface area contributed by atoms with E-state index in [1.165, 1.54) is 6.42 Å². The smallest absolute Gasteiger partial charge is 0.224 e.